The van der Waals surface area contributed by atoms with Crippen molar-refractivity contribution >= 4 is 21.7 Å². The molecule has 1 aromatic carbocycles. The molecular formula is C9H9BrO. The topological polar surface area (TPSA) is 17.1 Å². The summed E-state index contributed by atoms with van der Waals surface area (Å²) in [5.41, 5.74) is 0.773. The lowest BCUT2D eigenvalue weighted by molar-refractivity contribution is 0.0987. The second-order valence-corrected chi connectivity index (χ2v) is 3.11. The van der Waals surface area contributed by atoms with E-state index in [4.69, 9.17) is 0 Å². The number of Topliss-reactive ketones (excluding diaryl/α,β-unsaturated/α-hetero) is 1. The van der Waals surface area contributed by atoms with E-state index in [0.717, 1.165) is 10.0 Å². The Morgan fingerprint density at radius 3 is 2.64 bits per heavy atom. The third kappa shape index (κ3) is 1.90. The van der Waals surface area contributed by atoms with Crippen LogP contribution in [0.2, 0.25) is 0 Å². The maximum Gasteiger partial charge on any atom is 0.163 e. The highest BCUT2D eigenvalue weighted by Gasteiger charge is 2.04. The summed E-state index contributed by atoms with van der Waals surface area (Å²) in [7, 11) is 0. The number of rotatable bonds is 2. The van der Waals surface area contributed by atoms with Crippen molar-refractivity contribution in [2.45, 2.75) is 13.3 Å². The molecule has 0 fully saturated rings. The molecule has 0 spiro atoms. The van der Waals surface area contributed by atoms with Gasteiger partial charge in [0.15, 0.2) is 5.78 Å². The molecule has 0 unspecified atom stereocenters. The predicted molar refractivity (Wildman–Crippen MR) is 48.8 cm³/mol. The minimum absolute atomic E-state index is 0.178. The van der Waals surface area contributed by atoms with Gasteiger partial charge < -0.3 is 0 Å². The fourth-order valence-electron chi connectivity index (χ4n) is 0.878. The predicted octanol–water partition coefficient (Wildman–Crippen LogP) is 3.04. The Bertz CT molecular complexity index is 268. The van der Waals surface area contributed by atoms with E-state index in [0.29, 0.717) is 6.42 Å². The molecule has 0 aliphatic heterocycles. The molecule has 0 radical (unpaired) electrons. The van der Waals surface area contributed by atoms with Crippen molar-refractivity contribution in [2.24, 2.45) is 0 Å². The van der Waals surface area contributed by atoms with E-state index in [-0.39, 0.29) is 5.78 Å². The van der Waals surface area contributed by atoms with Gasteiger partial charge in [0.1, 0.15) is 0 Å². The summed E-state index contributed by atoms with van der Waals surface area (Å²) in [6.07, 6.45) is 0.558. The second kappa shape index (κ2) is 3.67. The summed E-state index contributed by atoms with van der Waals surface area (Å²) in [4.78, 5) is 11.2. The molecule has 0 aliphatic carbocycles. The summed E-state index contributed by atoms with van der Waals surface area (Å²) >= 11 is 3.32. The molecule has 0 N–H and O–H groups in total. The van der Waals surface area contributed by atoms with E-state index < -0.39 is 0 Å². The maximum absolute atomic E-state index is 11.2. The molecule has 0 amide bonds. The van der Waals surface area contributed by atoms with Gasteiger partial charge in [0.25, 0.3) is 0 Å². The van der Waals surface area contributed by atoms with Gasteiger partial charge in [-0.3, -0.25) is 4.79 Å². The zero-order valence-electron chi connectivity index (χ0n) is 6.30. The standard InChI is InChI=1S/C9H9BrO/c1-2-9(11)7-5-3-4-6-8(7)10/h3-6H,2H2,1H3. The summed E-state index contributed by atoms with van der Waals surface area (Å²) < 4.78 is 0.881. The van der Waals surface area contributed by atoms with Gasteiger partial charge in [-0.1, -0.05) is 41.1 Å². The molecule has 1 nitrogen and oxygen atoms in total. The molecule has 0 saturated carbocycles. The van der Waals surface area contributed by atoms with Crippen LogP contribution < -0.4 is 0 Å². The third-order valence-corrected chi connectivity index (χ3v) is 2.19. The average molecular weight is 213 g/mol. The van der Waals surface area contributed by atoms with E-state index in [1.165, 1.54) is 0 Å². The molecule has 0 saturated heterocycles. The first kappa shape index (κ1) is 8.47. The Labute approximate surface area is 74.6 Å². The van der Waals surface area contributed by atoms with Gasteiger partial charge in [0, 0.05) is 16.5 Å². The summed E-state index contributed by atoms with van der Waals surface area (Å²) in [6.45, 7) is 1.86. The van der Waals surface area contributed by atoms with Crippen molar-refractivity contribution in [3.05, 3.63) is 34.3 Å². The normalized spacial score (nSPS) is 9.64. The van der Waals surface area contributed by atoms with Crippen molar-refractivity contribution < 1.29 is 4.79 Å². The highest BCUT2D eigenvalue weighted by atomic mass is 79.9. The Morgan fingerprint density at radius 2 is 2.09 bits per heavy atom. The molecule has 1 rings (SSSR count). The third-order valence-electron chi connectivity index (χ3n) is 1.50. The van der Waals surface area contributed by atoms with Crippen LogP contribution in [0.4, 0.5) is 0 Å². The molecule has 0 atom stereocenters. The second-order valence-electron chi connectivity index (χ2n) is 2.26. The lowest BCUT2D eigenvalue weighted by Crippen LogP contribution is -1.96. The lowest BCUT2D eigenvalue weighted by atomic mass is 10.1. The molecule has 0 heterocycles. The fourth-order valence-corrected chi connectivity index (χ4v) is 1.38. The van der Waals surface area contributed by atoms with E-state index in [9.17, 15) is 4.79 Å². The SMILES string of the molecule is CCC(=O)c1ccccc1Br. The minimum atomic E-state index is 0.178. The van der Waals surface area contributed by atoms with Crippen LogP contribution in [0, 0.1) is 0 Å². The number of carbonyl (C=O) groups is 1. The highest BCUT2D eigenvalue weighted by molar-refractivity contribution is 9.10. The number of hydrogen-bond donors (Lipinski definition) is 0. The lowest BCUT2D eigenvalue weighted by Gasteiger charge is -1.98. The molecule has 0 aliphatic rings. The molecule has 0 aromatic heterocycles. The van der Waals surface area contributed by atoms with Crippen LogP contribution in [0.1, 0.15) is 23.7 Å². The number of carbonyl (C=O) groups excluding carboxylic acids is 1. The molecule has 2 heteroatoms. The van der Waals surface area contributed by atoms with Gasteiger partial charge in [-0.25, -0.2) is 0 Å². The molecule has 11 heavy (non-hydrogen) atoms. The van der Waals surface area contributed by atoms with Crippen LogP contribution in [0.5, 0.6) is 0 Å². The van der Waals surface area contributed by atoms with Crippen LogP contribution in [-0.4, -0.2) is 5.78 Å². The van der Waals surface area contributed by atoms with Crippen molar-refractivity contribution in [1.82, 2.24) is 0 Å². The summed E-state index contributed by atoms with van der Waals surface area (Å²) in [5.74, 6) is 0.178. The average Bonchev–Trinajstić information content (AvgIpc) is 2.04. The van der Waals surface area contributed by atoms with Crippen LogP contribution >= 0.6 is 15.9 Å². The first-order chi connectivity index (χ1) is 5.25. The monoisotopic (exact) mass is 212 g/mol. The summed E-state index contributed by atoms with van der Waals surface area (Å²) in [6, 6.07) is 7.48. The van der Waals surface area contributed by atoms with E-state index in [1.807, 2.05) is 31.2 Å². The first-order valence-corrected chi connectivity index (χ1v) is 4.32. The number of ketones is 1. The van der Waals surface area contributed by atoms with Gasteiger partial charge in [-0.15, -0.1) is 0 Å². The molecule has 0 bridgehead atoms. The zero-order chi connectivity index (χ0) is 8.27. The van der Waals surface area contributed by atoms with Crippen LogP contribution in [0.15, 0.2) is 28.7 Å². The maximum atomic E-state index is 11.2. The molecule has 1 aromatic rings. The van der Waals surface area contributed by atoms with Crippen molar-refractivity contribution in [1.29, 1.82) is 0 Å². The van der Waals surface area contributed by atoms with Gasteiger partial charge in [-0.2, -0.15) is 0 Å². The van der Waals surface area contributed by atoms with Gasteiger partial charge in [0.2, 0.25) is 0 Å². The molecular weight excluding hydrogens is 204 g/mol. The van der Waals surface area contributed by atoms with Crippen molar-refractivity contribution in [2.75, 3.05) is 0 Å². The van der Waals surface area contributed by atoms with Crippen LogP contribution in [0.25, 0.3) is 0 Å². The van der Waals surface area contributed by atoms with E-state index in [2.05, 4.69) is 15.9 Å². The van der Waals surface area contributed by atoms with Gasteiger partial charge in [-0.05, 0) is 6.07 Å². The minimum Gasteiger partial charge on any atom is -0.294 e. The van der Waals surface area contributed by atoms with Crippen LogP contribution in [0.3, 0.4) is 0 Å². The largest absolute Gasteiger partial charge is 0.294 e. The Morgan fingerprint density at radius 1 is 1.45 bits per heavy atom. The Kier molecular flexibility index (Phi) is 2.83. The van der Waals surface area contributed by atoms with Gasteiger partial charge in [0.05, 0.1) is 0 Å². The van der Waals surface area contributed by atoms with E-state index >= 15 is 0 Å². The van der Waals surface area contributed by atoms with Crippen molar-refractivity contribution in [3.8, 4) is 0 Å². The van der Waals surface area contributed by atoms with Crippen molar-refractivity contribution in [3.63, 3.8) is 0 Å². The van der Waals surface area contributed by atoms with Gasteiger partial charge >= 0.3 is 0 Å². The van der Waals surface area contributed by atoms with E-state index in [1.54, 1.807) is 0 Å². The van der Waals surface area contributed by atoms with Crippen LogP contribution in [-0.2, 0) is 0 Å². The Balaban J connectivity index is 3.03. The fraction of sp³-hybridized carbons (Fsp3) is 0.222. The quantitative estimate of drug-likeness (QED) is 0.690. The number of hydrogen-bond acceptors (Lipinski definition) is 1. The highest BCUT2D eigenvalue weighted by Crippen LogP contribution is 2.16. The summed E-state index contributed by atoms with van der Waals surface area (Å²) in [5, 5.41) is 0. The zero-order valence-corrected chi connectivity index (χ0v) is 7.89. The first-order valence-electron chi connectivity index (χ1n) is 3.53. The smallest absolute Gasteiger partial charge is 0.163 e. The number of halogens is 1. The Hall–Kier alpha value is -0.630. The number of benzene rings is 1. The molecule has 58 valence electrons.